The minimum absolute atomic E-state index is 0.0749. The van der Waals surface area contributed by atoms with E-state index >= 15 is 0 Å². The molecule has 166 valence electrons. The summed E-state index contributed by atoms with van der Waals surface area (Å²) < 4.78 is 7.50. The van der Waals surface area contributed by atoms with E-state index in [1.54, 1.807) is 60.9 Å². The molecule has 7 nitrogen and oxygen atoms in total. The van der Waals surface area contributed by atoms with E-state index in [1.165, 1.54) is 10.9 Å². The van der Waals surface area contributed by atoms with Gasteiger partial charge < -0.3 is 20.0 Å². The van der Waals surface area contributed by atoms with E-state index in [9.17, 15) is 4.79 Å². The van der Waals surface area contributed by atoms with Crippen molar-refractivity contribution < 1.29 is 9.53 Å². The molecule has 3 aromatic carbocycles. The summed E-state index contributed by atoms with van der Waals surface area (Å²) >= 11 is 5.93. The van der Waals surface area contributed by atoms with Crippen LogP contribution in [0, 0.1) is 16.7 Å². The maximum Gasteiger partial charge on any atom is 0.293 e. The van der Waals surface area contributed by atoms with Crippen molar-refractivity contribution in [2.24, 2.45) is 0 Å². The summed E-state index contributed by atoms with van der Waals surface area (Å²) in [5.41, 5.74) is 3.20. The van der Waals surface area contributed by atoms with Crippen molar-refractivity contribution >= 4 is 35.1 Å². The first-order chi connectivity index (χ1) is 16.6. The predicted molar refractivity (Wildman–Crippen MR) is 132 cm³/mol. The number of benzene rings is 3. The molecule has 0 aliphatic carbocycles. The highest BCUT2D eigenvalue weighted by molar-refractivity contribution is 6.30. The zero-order chi connectivity index (χ0) is 23.9. The van der Waals surface area contributed by atoms with Gasteiger partial charge in [0.15, 0.2) is 0 Å². The minimum Gasteiger partial charge on any atom is -0.449 e. The van der Waals surface area contributed by atoms with Crippen LogP contribution in [0.25, 0.3) is 16.8 Å². The Morgan fingerprint density at radius 3 is 2.24 bits per heavy atom. The summed E-state index contributed by atoms with van der Waals surface area (Å²) in [7, 11) is 0. The molecule has 0 spiro atoms. The Morgan fingerprint density at radius 1 is 1.03 bits per heavy atom. The molecule has 1 aromatic heterocycles. The summed E-state index contributed by atoms with van der Waals surface area (Å²) in [5, 5.41) is 20.2. The number of allylic oxidation sites excluding steroid dienone is 1. The topological polar surface area (TPSA) is 104 Å². The van der Waals surface area contributed by atoms with Crippen LogP contribution in [0.3, 0.4) is 0 Å². The second-order valence-corrected chi connectivity index (χ2v) is 7.54. The van der Waals surface area contributed by atoms with Crippen molar-refractivity contribution in [1.29, 1.82) is 10.7 Å². The second-order valence-electron chi connectivity index (χ2n) is 7.11. The maximum absolute atomic E-state index is 13.2. The lowest BCUT2D eigenvalue weighted by Gasteiger charge is -2.15. The molecule has 0 radical (unpaired) electrons. The number of carbonyl (C=O) groups is 1. The first-order valence-electron chi connectivity index (χ1n) is 10.2. The van der Waals surface area contributed by atoms with Crippen LogP contribution < -0.4 is 10.1 Å². The minimum atomic E-state index is -0.536. The van der Waals surface area contributed by atoms with Crippen LogP contribution in [0.15, 0.2) is 97.3 Å². The van der Waals surface area contributed by atoms with Crippen LogP contribution in [0.5, 0.6) is 5.75 Å². The average molecular weight is 468 g/mol. The number of anilines is 1. The quantitative estimate of drug-likeness (QED) is 0.209. The highest BCUT2D eigenvalue weighted by Gasteiger charge is 2.19. The Labute approximate surface area is 201 Å². The number of carbonyl (C=O) groups excluding carboxylic acids is 1. The molecule has 0 fully saturated rings. The number of nitriles is 1. The normalized spacial score (nSPS) is 11.2. The molecule has 2 N–H and O–H groups in total. The van der Waals surface area contributed by atoms with Gasteiger partial charge in [-0.25, -0.2) is 4.98 Å². The van der Waals surface area contributed by atoms with Gasteiger partial charge in [-0.05, 0) is 59.7 Å². The van der Waals surface area contributed by atoms with Crippen molar-refractivity contribution in [2.75, 3.05) is 5.32 Å². The molecule has 4 rings (SSSR count). The van der Waals surface area contributed by atoms with E-state index in [2.05, 4.69) is 16.4 Å². The Bertz CT molecular complexity index is 1370. The van der Waals surface area contributed by atoms with Gasteiger partial charge in [0.2, 0.25) is 5.76 Å². The van der Waals surface area contributed by atoms with Crippen molar-refractivity contribution in [3.8, 4) is 22.9 Å². The molecule has 4 aromatic rings. The molecular formula is C26H18ClN5O2. The van der Waals surface area contributed by atoms with Gasteiger partial charge in [0, 0.05) is 29.3 Å². The van der Waals surface area contributed by atoms with Crippen LogP contribution in [-0.4, -0.2) is 21.7 Å². The van der Waals surface area contributed by atoms with E-state index in [0.29, 0.717) is 22.0 Å². The van der Waals surface area contributed by atoms with E-state index in [4.69, 9.17) is 27.0 Å². The number of hydrogen-bond donors (Lipinski definition) is 2. The van der Waals surface area contributed by atoms with E-state index in [1.807, 2.05) is 24.3 Å². The van der Waals surface area contributed by atoms with Crippen LogP contribution in [-0.2, 0) is 4.79 Å². The number of imidazole rings is 1. The first-order valence-corrected chi connectivity index (χ1v) is 10.5. The summed E-state index contributed by atoms with van der Waals surface area (Å²) in [6.07, 6.45) is 5.68. The monoisotopic (exact) mass is 467 g/mol. The molecule has 34 heavy (non-hydrogen) atoms. The summed E-state index contributed by atoms with van der Waals surface area (Å²) in [6.45, 7) is 0. The third-order valence-corrected chi connectivity index (χ3v) is 5.13. The zero-order valence-corrected chi connectivity index (χ0v) is 18.5. The van der Waals surface area contributed by atoms with Gasteiger partial charge >= 0.3 is 0 Å². The number of ether oxygens (including phenoxy) is 1. The molecule has 0 saturated heterocycles. The van der Waals surface area contributed by atoms with Gasteiger partial charge in [-0.1, -0.05) is 35.9 Å². The zero-order valence-electron chi connectivity index (χ0n) is 17.8. The number of nitrogens with zero attached hydrogens (tertiary/aromatic N) is 3. The molecule has 8 heteroatoms. The fourth-order valence-corrected chi connectivity index (χ4v) is 3.29. The number of rotatable bonds is 7. The summed E-state index contributed by atoms with van der Waals surface area (Å²) in [5.74, 6) is -0.196. The fraction of sp³-hybridized carbons (Fsp3) is 0. The predicted octanol–water partition coefficient (Wildman–Crippen LogP) is 5.61. The molecule has 0 aliphatic heterocycles. The van der Waals surface area contributed by atoms with Crippen molar-refractivity contribution in [3.63, 3.8) is 0 Å². The number of hydrogen-bond acceptors (Lipinski definition) is 5. The van der Waals surface area contributed by atoms with Gasteiger partial charge in [-0.3, -0.25) is 4.79 Å². The van der Waals surface area contributed by atoms with Gasteiger partial charge in [0.25, 0.3) is 5.91 Å². The standard InChI is InChI=1S/C26H18ClN5O2/c27-21-7-9-22(10-8-21)31-26(33)25(24(16-29)32-14-13-30-17-32)34-23-11-5-20(6-12-23)19-3-1-18(15-28)2-4-19/h1-14,16-17,29H,(H,31,33). The Kier molecular flexibility index (Phi) is 6.82. The largest absolute Gasteiger partial charge is 0.449 e. The molecule has 1 heterocycles. The molecular weight excluding hydrogens is 450 g/mol. The van der Waals surface area contributed by atoms with E-state index in [-0.39, 0.29) is 11.5 Å². The highest BCUT2D eigenvalue weighted by Crippen LogP contribution is 2.25. The van der Waals surface area contributed by atoms with Crippen LogP contribution >= 0.6 is 11.6 Å². The van der Waals surface area contributed by atoms with Crippen LogP contribution in [0.1, 0.15) is 5.56 Å². The number of aromatic nitrogens is 2. The van der Waals surface area contributed by atoms with Crippen molar-refractivity contribution in [3.05, 3.63) is 108 Å². The van der Waals surface area contributed by atoms with Crippen LogP contribution in [0.2, 0.25) is 5.02 Å². The summed E-state index contributed by atoms with van der Waals surface area (Å²) in [6, 6.07) is 23.2. The fourth-order valence-electron chi connectivity index (χ4n) is 3.17. The van der Waals surface area contributed by atoms with E-state index in [0.717, 1.165) is 17.3 Å². The van der Waals surface area contributed by atoms with Crippen molar-refractivity contribution in [1.82, 2.24) is 9.55 Å². The van der Waals surface area contributed by atoms with Gasteiger partial charge in [-0.2, -0.15) is 5.26 Å². The second kappa shape index (κ2) is 10.3. The molecule has 0 aliphatic rings. The molecule has 0 bridgehead atoms. The van der Waals surface area contributed by atoms with Gasteiger partial charge in [0.05, 0.1) is 18.0 Å². The van der Waals surface area contributed by atoms with E-state index < -0.39 is 5.91 Å². The first kappa shape index (κ1) is 22.5. The lowest BCUT2D eigenvalue weighted by atomic mass is 10.0. The highest BCUT2D eigenvalue weighted by atomic mass is 35.5. The molecule has 0 saturated carbocycles. The van der Waals surface area contributed by atoms with Crippen LogP contribution in [0.4, 0.5) is 5.69 Å². The van der Waals surface area contributed by atoms with Gasteiger partial charge in [0.1, 0.15) is 11.4 Å². The smallest absolute Gasteiger partial charge is 0.293 e. The third-order valence-electron chi connectivity index (χ3n) is 4.88. The number of halogens is 1. The Morgan fingerprint density at radius 2 is 1.68 bits per heavy atom. The molecule has 1 amide bonds. The van der Waals surface area contributed by atoms with Gasteiger partial charge in [-0.15, -0.1) is 0 Å². The summed E-state index contributed by atoms with van der Waals surface area (Å²) in [4.78, 5) is 17.2. The number of nitrogens with one attached hydrogen (secondary N) is 2. The Hall–Kier alpha value is -4.67. The third kappa shape index (κ3) is 5.21. The molecule has 0 atom stereocenters. The Balaban J connectivity index is 1.64. The lowest BCUT2D eigenvalue weighted by molar-refractivity contribution is -0.114. The SMILES string of the molecule is N#Cc1ccc(-c2ccc(OC(C(=O)Nc3ccc(Cl)cc3)=C(C=N)n3ccnc3)cc2)cc1. The lowest BCUT2D eigenvalue weighted by Crippen LogP contribution is -2.21. The number of amides is 1. The average Bonchev–Trinajstić information content (AvgIpc) is 3.40. The molecule has 0 unspecified atom stereocenters. The maximum atomic E-state index is 13.2. The van der Waals surface area contributed by atoms with Crippen molar-refractivity contribution in [2.45, 2.75) is 0 Å².